The fourth-order valence-corrected chi connectivity index (χ4v) is 4.82. The van der Waals surface area contributed by atoms with Gasteiger partial charge in [-0.2, -0.15) is 0 Å². The van der Waals surface area contributed by atoms with Crippen LogP contribution in [-0.4, -0.2) is 45.2 Å². The number of hydrogen-bond donors (Lipinski definition) is 0. The number of ether oxygens (including phenoxy) is 2. The minimum Gasteiger partial charge on any atom is -0.493 e. The van der Waals surface area contributed by atoms with Crippen molar-refractivity contribution < 1.29 is 22.7 Å². The molecule has 1 aliphatic heterocycles. The number of rotatable bonds is 5. The molecule has 29 heavy (non-hydrogen) atoms. The third kappa shape index (κ3) is 3.83. The highest BCUT2D eigenvalue weighted by Gasteiger charge is 2.32. The minimum atomic E-state index is -3.35. The van der Waals surface area contributed by atoms with Crippen molar-refractivity contribution in [2.45, 2.75) is 43.4 Å². The van der Waals surface area contributed by atoms with Crippen LogP contribution in [0.25, 0.3) is 0 Å². The van der Waals surface area contributed by atoms with Crippen molar-refractivity contribution in [2.75, 3.05) is 20.8 Å². The molecule has 2 aromatic rings. The lowest BCUT2D eigenvalue weighted by Gasteiger charge is -2.37. The summed E-state index contributed by atoms with van der Waals surface area (Å²) in [6.07, 6.45) is 0.714. The van der Waals surface area contributed by atoms with E-state index in [-0.39, 0.29) is 16.8 Å². The molecule has 0 fully saturated rings. The van der Waals surface area contributed by atoms with E-state index in [9.17, 15) is 13.2 Å². The normalized spacial score (nSPS) is 16.5. The van der Waals surface area contributed by atoms with Gasteiger partial charge in [-0.05, 0) is 61.2 Å². The molecule has 1 atom stereocenters. The van der Waals surface area contributed by atoms with Crippen molar-refractivity contribution in [2.24, 2.45) is 0 Å². The number of amides is 1. The lowest BCUT2D eigenvalue weighted by Crippen LogP contribution is -2.39. The van der Waals surface area contributed by atoms with Gasteiger partial charge in [-0.25, -0.2) is 8.42 Å². The van der Waals surface area contributed by atoms with E-state index in [0.29, 0.717) is 24.5 Å². The first kappa shape index (κ1) is 21.2. The zero-order valence-corrected chi connectivity index (χ0v) is 18.2. The molecule has 0 aliphatic carbocycles. The van der Waals surface area contributed by atoms with Gasteiger partial charge in [-0.1, -0.05) is 12.1 Å². The summed E-state index contributed by atoms with van der Waals surface area (Å²) < 4.78 is 35.8. The smallest absolute Gasteiger partial charge is 0.220 e. The van der Waals surface area contributed by atoms with Gasteiger partial charge >= 0.3 is 0 Å². The highest BCUT2D eigenvalue weighted by Crippen LogP contribution is 2.41. The lowest BCUT2D eigenvalue weighted by molar-refractivity contribution is -0.130. The second kappa shape index (κ2) is 8.06. The molecule has 0 spiro atoms. The molecule has 0 N–H and O–H groups in total. The molecule has 1 heterocycles. The summed E-state index contributed by atoms with van der Waals surface area (Å²) >= 11 is 0. The second-order valence-corrected chi connectivity index (χ2v) is 9.94. The number of methoxy groups -OCH3 is 2. The van der Waals surface area contributed by atoms with E-state index in [1.54, 1.807) is 64.2 Å². The van der Waals surface area contributed by atoms with Gasteiger partial charge in [0, 0.05) is 13.5 Å². The first-order valence-corrected chi connectivity index (χ1v) is 11.1. The number of sulfone groups is 1. The summed E-state index contributed by atoms with van der Waals surface area (Å²) in [5, 5.41) is -0.491. The van der Waals surface area contributed by atoms with Crippen LogP contribution in [-0.2, 0) is 21.1 Å². The molecule has 1 amide bonds. The predicted octanol–water partition coefficient (Wildman–Crippen LogP) is 3.38. The van der Waals surface area contributed by atoms with Crippen LogP contribution in [0.15, 0.2) is 41.3 Å². The SMILES string of the molecule is COc1cc2c(cc1OC)C(c1ccc(S(=O)(=O)C(C)C)cc1)N(C(C)=O)CC2. The maximum Gasteiger partial charge on any atom is 0.220 e. The molecule has 3 rings (SSSR count). The fraction of sp³-hybridized carbons (Fsp3) is 0.409. The van der Waals surface area contributed by atoms with Crippen LogP contribution in [0.1, 0.15) is 43.5 Å². The molecule has 0 bridgehead atoms. The molecular weight excluding hydrogens is 390 g/mol. The Morgan fingerprint density at radius 3 is 2.17 bits per heavy atom. The van der Waals surface area contributed by atoms with Gasteiger partial charge < -0.3 is 14.4 Å². The van der Waals surface area contributed by atoms with E-state index in [4.69, 9.17) is 9.47 Å². The number of carbonyl (C=O) groups is 1. The van der Waals surface area contributed by atoms with Crippen LogP contribution >= 0.6 is 0 Å². The average molecular weight is 418 g/mol. The average Bonchev–Trinajstić information content (AvgIpc) is 2.71. The van der Waals surface area contributed by atoms with E-state index >= 15 is 0 Å². The molecule has 1 unspecified atom stereocenters. The van der Waals surface area contributed by atoms with Gasteiger partial charge in [0.15, 0.2) is 21.3 Å². The molecule has 7 heteroatoms. The molecule has 0 saturated carbocycles. The third-order valence-electron chi connectivity index (χ3n) is 5.42. The Balaban J connectivity index is 2.12. The molecule has 0 aromatic heterocycles. The quantitative estimate of drug-likeness (QED) is 0.746. The van der Waals surface area contributed by atoms with E-state index in [2.05, 4.69) is 0 Å². The van der Waals surface area contributed by atoms with E-state index in [1.807, 2.05) is 12.1 Å². The summed E-state index contributed by atoms with van der Waals surface area (Å²) in [7, 11) is -0.174. The standard InChI is InChI=1S/C22H27NO5S/c1-14(2)29(25,26)18-8-6-16(7-9-18)22-19-13-21(28-5)20(27-4)12-17(19)10-11-23(22)15(3)24/h6-9,12-14,22H,10-11H2,1-5H3. The zero-order chi connectivity index (χ0) is 21.3. The number of nitrogens with zero attached hydrogens (tertiary/aromatic N) is 1. The number of hydrogen-bond acceptors (Lipinski definition) is 5. The predicted molar refractivity (Wildman–Crippen MR) is 111 cm³/mol. The van der Waals surface area contributed by atoms with Crippen molar-refractivity contribution in [3.8, 4) is 11.5 Å². The first-order valence-electron chi connectivity index (χ1n) is 9.56. The highest BCUT2D eigenvalue weighted by atomic mass is 32.2. The largest absolute Gasteiger partial charge is 0.493 e. The number of carbonyl (C=O) groups excluding carboxylic acids is 1. The topological polar surface area (TPSA) is 72.9 Å². The van der Waals surface area contributed by atoms with Crippen molar-refractivity contribution in [1.82, 2.24) is 4.90 Å². The zero-order valence-electron chi connectivity index (χ0n) is 17.4. The molecule has 0 radical (unpaired) electrons. The molecule has 156 valence electrons. The molecule has 6 nitrogen and oxygen atoms in total. The van der Waals surface area contributed by atoms with Gasteiger partial charge in [0.25, 0.3) is 0 Å². The summed E-state index contributed by atoms with van der Waals surface area (Å²) in [4.78, 5) is 14.5. The van der Waals surface area contributed by atoms with E-state index in [1.165, 1.54) is 0 Å². The molecule has 1 aliphatic rings. The van der Waals surface area contributed by atoms with Gasteiger partial charge in [-0.15, -0.1) is 0 Å². The summed E-state index contributed by atoms with van der Waals surface area (Å²) in [6, 6.07) is 10.4. The number of benzene rings is 2. The minimum absolute atomic E-state index is 0.0330. The van der Waals surface area contributed by atoms with Crippen molar-refractivity contribution in [1.29, 1.82) is 0 Å². The maximum absolute atomic E-state index is 12.4. The molecule has 2 aromatic carbocycles. The Kier molecular flexibility index (Phi) is 5.89. The van der Waals surface area contributed by atoms with Gasteiger partial charge in [0.05, 0.1) is 30.4 Å². The van der Waals surface area contributed by atoms with Crippen molar-refractivity contribution in [3.05, 3.63) is 53.1 Å². The second-order valence-electron chi connectivity index (χ2n) is 7.43. The van der Waals surface area contributed by atoms with Crippen LogP contribution in [0.2, 0.25) is 0 Å². The number of fused-ring (bicyclic) bond motifs is 1. The lowest BCUT2D eigenvalue weighted by atomic mass is 9.87. The van der Waals surface area contributed by atoms with Crippen LogP contribution in [0, 0.1) is 0 Å². The fourth-order valence-electron chi connectivity index (χ4n) is 3.76. The van der Waals surface area contributed by atoms with Gasteiger partial charge in [-0.3, -0.25) is 4.79 Å². The highest BCUT2D eigenvalue weighted by molar-refractivity contribution is 7.92. The Morgan fingerprint density at radius 1 is 1.07 bits per heavy atom. The Morgan fingerprint density at radius 2 is 1.66 bits per heavy atom. The maximum atomic E-state index is 12.4. The summed E-state index contributed by atoms with van der Waals surface area (Å²) in [6.45, 7) is 5.46. The monoisotopic (exact) mass is 417 g/mol. The Hall–Kier alpha value is -2.54. The van der Waals surface area contributed by atoms with Crippen LogP contribution in [0.3, 0.4) is 0 Å². The molecule has 0 saturated heterocycles. The first-order chi connectivity index (χ1) is 13.7. The van der Waals surface area contributed by atoms with Crippen molar-refractivity contribution in [3.63, 3.8) is 0 Å². The van der Waals surface area contributed by atoms with Gasteiger partial charge in [0.2, 0.25) is 5.91 Å². The van der Waals surface area contributed by atoms with Crippen LogP contribution in [0.5, 0.6) is 11.5 Å². The Labute approximate surface area is 172 Å². The van der Waals surface area contributed by atoms with Crippen LogP contribution < -0.4 is 9.47 Å². The summed E-state index contributed by atoms with van der Waals surface area (Å²) in [5.74, 6) is 1.22. The summed E-state index contributed by atoms with van der Waals surface area (Å²) in [5.41, 5.74) is 2.91. The van der Waals surface area contributed by atoms with E-state index in [0.717, 1.165) is 16.7 Å². The molecular formula is C22H27NO5S. The Bertz CT molecular complexity index is 1010. The van der Waals surface area contributed by atoms with Crippen molar-refractivity contribution >= 4 is 15.7 Å². The van der Waals surface area contributed by atoms with E-state index < -0.39 is 15.1 Å². The van der Waals surface area contributed by atoms with Gasteiger partial charge in [0.1, 0.15) is 0 Å². The third-order valence-corrected chi connectivity index (χ3v) is 7.59. The van der Waals surface area contributed by atoms with Crippen LogP contribution in [0.4, 0.5) is 0 Å².